The second-order valence-electron chi connectivity index (χ2n) is 5.24. The van der Waals surface area contributed by atoms with Gasteiger partial charge in [-0.25, -0.2) is 18.6 Å². The molecule has 1 saturated heterocycles. The van der Waals surface area contributed by atoms with E-state index in [9.17, 15) is 13.2 Å². The number of carbonyl (C=O) groups is 1. The van der Waals surface area contributed by atoms with Gasteiger partial charge >= 0.3 is 5.97 Å². The van der Waals surface area contributed by atoms with Crippen LogP contribution in [0.15, 0.2) is 24.3 Å². The molecule has 136 valence electrons. The van der Waals surface area contributed by atoms with Crippen molar-refractivity contribution in [2.45, 2.75) is 18.7 Å². The Morgan fingerprint density at radius 1 is 1.38 bits per heavy atom. The molecule has 0 spiro atoms. The van der Waals surface area contributed by atoms with Gasteiger partial charge in [0.2, 0.25) is 10.0 Å². The lowest BCUT2D eigenvalue weighted by Gasteiger charge is -2.18. The summed E-state index contributed by atoms with van der Waals surface area (Å²) in [6.45, 7) is 2.34. The van der Waals surface area contributed by atoms with Gasteiger partial charge in [-0.2, -0.15) is 0 Å². The molecular formula is C14H23ClN4O4S. The highest BCUT2D eigenvalue weighted by atomic mass is 35.5. The van der Waals surface area contributed by atoms with Gasteiger partial charge in [0.15, 0.2) is 5.37 Å². The summed E-state index contributed by atoms with van der Waals surface area (Å²) in [6, 6.07) is 7.23. The molecule has 1 aliphatic heterocycles. The molecule has 1 aromatic rings. The Balaban J connectivity index is 0.00000288. The van der Waals surface area contributed by atoms with Crippen LogP contribution in [0.5, 0.6) is 0 Å². The van der Waals surface area contributed by atoms with Crippen LogP contribution in [0, 0.1) is 5.92 Å². The van der Waals surface area contributed by atoms with Crippen molar-refractivity contribution < 1.29 is 17.9 Å². The van der Waals surface area contributed by atoms with Gasteiger partial charge in [-0.1, -0.05) is 12.1 Å². The van der Waals surface area contributed by atoms with Crippen LogP contribution in [0.25, 0.3) is 0 Å². The number of hydrazine groups is 1. The molecule has 2 atom stereocenters. The molecule has 10 heteroatoms. The lowest BCUT2D eigenvalue weighted by atomic mass is 10.1. The molecule has 24 heavy (non-hydrogen) atoms. The van der Waals surface area contributed by atoms with E-state index in [4.69, 9.17) is 10.5 Å². The summed E-state index contributed by atoms with van der Waals surface area (Å²) in [5, 5.41) is -1.05. The third-order valence-corrected chi connectivity index (χ3v) is 5.27. The Kier molecular flexibility index (Phi) is 7.91. The molecule has 0 aromatic heterocycles. The van der Waals surface area contributed by atoms with Crippen LogP contribution >= 0.6 is 12.4 Å². The monoisotopic (exact) mass is 378 g/mol. The zero-order chi connectivity index (χ0) is 16.9. The van der Waals surface area contributed by atoms with Crippen LogP contribution in [0.4, 0.5) is 5.69 Å². The number of nitrogens with two attached hydrogens (primary N) is 1. The van der Waals surface area contributed by atoms with Crippen molar-refractivity contribution >= 4 is 34.1 Å². The first-order valence-electron chi connectivity index (χ1n) is 7.42. The number of nitrogens with one attached hydrogen (secondary N) is 3. The van der Waals surface area contributed by atoms with Crippen LogP contribution in [0.2, 0.25) is 0 Å². The highest BCUT2D eigenvalue weighted by Crippen LogP contribution is 2.15. The van der Waals surface area contributed by atoms with Crippen LogP contribution in [-0.2, 0) is 26.0 Å². The minimum atomic E-state index is -3.70. The van der Waals surface area contributed by atoms with Crippen molar-refractivity contribution in [2.75, 3.05) is 25.4 Å². The summed E-state index contributed by atoms with van der Waals surface area (Å²) in [5.41, 5.74) is 12.6. The Bertz CT molecular complexity index is 639. The van der Waals surface area contributed by atoms with Crippen molar-refractivity contribution in [2.24, 2.45) is 5.92 Å². The second-order valence-corrected chi connectivity index (χ2v) is 7.12. The summed E-state index contributed by atoms with van der Waals surface area (Å²) < 4.78 is 32.1. The number of benzene rings is 1. The minimum absolute atomic E-state index is 0. The molecule has 2 rings (SSSR count). The Hall–Kier alpha value is -1.39. The number of esters is 1. The SMILES string of the molecule is CCOC(=O)C1CNNC1S(=O)(=O)NCCc1ccc(N)cc1.Cl. The number of carbonyl (C=O) groups excluding carboxylic acids is 1. The maximum atomic E-state index is 12.4. The fourth-order valence-corrected chi connectivity index (χ4v) is 3.78. The van der Waals surface area contributed by atoms with Crippen molar-refractivity contribution in [3.05, 3.63) is 29.8 Å². The smallest absolute Gasteiger partial charge is 0.313 e. The molecular weight excluding hydrogens is 356 g/mol. The third-order valence-electron chi connectivity index (χ3n) is 3.55. The second kappa shape index (κ2) is 9.19. The molecule has 0 amide bonds. The summed E-state index contributed by atoms with van der Waals surface area (Å²) in [4.78, 5) is 11.8. The van der Waals surface area contributed by atoms with Crippen molar-refractivity contribution in [1.82, 2.24) is 15.6 Å². The van der Waals surface area contributed by atoms with Gasteiger partial charge in [0.25, 0.3) is 0 Å². The van der Waals surface area contributed by atoms with Crippen LogP contribution in [0.1, 0.15) is 12.5 Å². The molecule has 8 nitrogen and oxygen atoms in total. The van der Waals surface area contributed by atoms with Crippen molar-refractivity contribution in [3.8, 4) is 0 Å². The quantitative estimate of drug-likeness (QED) is 0.381. The first-order valence-corrected chi connectivity index (χ1v) is 8.96. The highest BCUT2D eigenvalue weighted by Gasteiger charge is 2.42. The summed E-state index contributed by atoms with van der Waals surface area (Å²) in [5.74, 6) is -1.30. The van der Waals surface area contributed by atoms with Crippen molar-refractivity contribution in [3.63, 3.8) is 0 Å². The Labute approximate surface area is 147 Å². The van der Waals surface area contributed by atoms with E-state index in [0.29, 0.717) is 12.1 Å². The zero-order valence-electron chi connectivity index (χ0n) is 13.3. The maximum Gasteiger partial charge on any atom is 0.313 e. The summed E-state index contributed by atoms with van der Waals surface area (Å²) >= 11 is 0. The topological polar surface area (TPSA) is 123 Å². The minimum Gasteiger partial charge on any atom is -0.466 e. The average Bonchev–Trinajstić information content (AvgIpc) is 3.00. The fraction of sp³-hybridized carbons (Fsp3) is 0.500. The molecule has 2 unspecified atom stereocenters. The standard InChI is InChI=1S/C14H22N4O4S.ClH/c1-2-22-14(19)12-9-16-18-13(12)23(20,21)17-8-7-10-3-5-11(15)6-4-10;/h3-6,12-13,16-18H,2,7-9,15H2,1H3;1H. The maximum absolute atomic E-state index is 12.4. The van der Waals surface area contributed by atoms with Gasteiger partial charge in [0, 0.05) is 18.8 Å². The predicted molar refractivity (Wildman–Crippen MR) is 93.8 cm³/mol. The predicted octanol–water partition coefficient (Wildman–Crippen LogP) is -0.234. The van der Waals surface area contributed by atoms with E-state index in [0.717, 1.165) is 5.56 Å². The molecule has 1 aliphatic rings. The highest BCUT2D eigenvalue weighted by molar-refractivity contribution is 7.90. The van der Waals surface area contributed by atoms with Crippen LogP contribution in [-0.4, -0.2) is 39.5 Å². The number of anilines is 1. The number of hydrogen-bond donors (Lipinski definition) is 4. The molecule has 1 aromatic carbocycles. The Morgan fingerprint density at radius 2 is 2.04 bits per heavy atom. The first-order chi connectivity index (χ1) is 10.9. The summed E-state index contributed by atoms with van der Waals surface area (Å²) in [6.07, 6.45) is 0.531. The molecule has 1 heterocycles. The van der Waals surface area contributed by atoms with E-state index >= 15 is 0 Å². The van der Waals surface area contributed by atoms with Gasteiger partial charge < -0.3 is 10.5 Å². The molecule has 0 bridgehead atoms. The lowest BCUT2D eigenvalue weighted by molar-refractivity contribution is -0.147. The normalized spacial score (nSPS) is 20.4. The van der Waals surface area contributed by atoms with Crippen LogP contribution < -0.4 is 21.3 Å². The van der Waals surface area contributed by atoms with E-state index in [1.54, 1.807) is 19.1 Å². The summed E-state index contributed by atoms with van der Waals surface area (Å²) in [7, 11) is -3.70. The fourth-order valence-electron chi connectivity index (χ4n) is 2.34. The van der Waals surface area contributed by atoms with E-state index in [1.165, 1.54) is 0 Å². The van der Waals surface area contributed by atoms with Gasteiger partial charge in [-0.3, -0.25) is 10.2 Å². The number of rotatable bonds is 7. The largest absolute Gasteiger partial charge is 0.466 e. The third kappa shape index (κ3) is 5.32. The first kappa shape index (κ1) is 20.7. The van der Waals surface area contributed by atoms with Gasteiger partial charge in [-0.15, -0.1) is 12.4 Å². The number of halogens is 1. The van der Waals surface area contributed by atoms with E-state index < -0.39 is 27.3 Å². The Morgan fingerprint density at radius 3 is 2.67 bits per heavy atom. The van der Waals surface area contributed by atoms with E-state index in [2.05, 4.69) is 15.6 Å². The van der Waals surface area contributed by atoms with Gasteiger partial charge in [0.05, 0.1) is 6.61 Å². The zero-order valence-corrected chi connectivity index (χ0v) is 15.0. The van der Waals surface area contributed by atoms with Gasteiger partial charge in [-0.05, 0) is 31.0 Å². The lowest BCUT2D eigenvalue weighted by Crippen LogP contribution is -2.47. The van der Waals surface area contributed by atoms with Crippen LogP contribution in [0.3, 0.4) is 0 Å². The molecule has 5 N–H and O–H groups in total. The number of hydrogen-bond acceptors (Lipinski definition) is 7. The molecule has 0 radical (unpaired) electrons. The van der Waals surface area contributed by atoms with E-state index in [-0.39, 0.29) is 32.1 Å². The number of nitrogen functional groups attached to an aromatic ring is 1. The number of ether oxygens (including phenoxy) is 1. The average molecular weight is 379 g/mol. The van der Waals surface area contributed by atoms with Crippen molar-refractivity contribution in [1.29, 1.82) is 0 Å². The molecule has 0 saturated carbocycles. The molecule has 1 fully saturated rings. The number of sulfonamides is 1. The van der Waals surface area contributed by atoms with E-state index in [1.807, 2.05) is 12.1 Å². The molecule has 0 aliphatic carbocycles. The van der Waals surface area contributed by atoms with Gasteiger partial charge in [0.1, 0.15) is 5.92 Å².